The highest BCUT2D eigenvalue weighted by molar-refractivity contribution is 7.84. The van der Waals surface area contributed by atoms with E-state index in [1.54, 1.807) is 0 Å². The number of nitrogens with zero attached hydrogens (tertiary/aromatic N) is 1. The minimum atomic E-state index is -1.07. The van der Waals surface area contributed by atoms with E-state index in [1.165, 1.54) is 11.1 Å². The molecule has 2 aliphatic rings. The number of fused-ring (bicyclic) bond motifs is 1. The lowest BCUT2D eigenvalue weighted by molar-refractivity contribution is 0.164. The van der Waals surface area contributed by atoms with Crippen LogP contribution in [0.2, 0.25) is 0 Å². The van der Waals surface area contributed by atoms with E-state index in [0.29, 0.717) is 0 Å². The number of rotatable bonds is 2. The first-order valence-corrected chi connectivity index (χ1v) is 9.31. The van der Waals surface area contributed by atoms with Crippen LogP contribution in [0.25, 0.3) is 0 Å². The van der Waals surface area contributed by atoms with Gasteiger partial charge in [0.05, 0.1) is 21.8 Å². The fourth-order valence-corrected chi connectivity index (χ4v) is 4.66. The Balaban J connectivity index is 1.96. The molecule has 0 saturated carbocycles. The maximum Gasteiger partial charge on any atom is 0.0976 e. The summed E-state index contributed by atoms with van der Waals surface area (Å²) < 4.78 is 15.9. The number of nitrogens with one attached hydrogen (secondary N) is 2. The molecule has 2 N–H and O–H groups in total. The van der Waals surface area contributed by atoms with Gasteiger partial charge in [-0.1, -0.05) is 0 Å². The van der Waals surface area contributed by atoms with Gasteiger partial charge in [0.1, 0.15) is 0 Å². The van der Waals surface area contributed by atoms with Crippen molar-refractivity contribution in [2.75, 3.05) is 13.1 Å². The third kappa shape index (κ3) is 2.86. The van der Waals surface area contributed by atoms with Crippen molar-refractivity contribution in [1.29, 1.82) is 0 Å². The van der Waals surface area contributed by atoms with Crippen molar-refractivity contribution in [2.45, 2.75) is 57.7 Å². The summed E-state index contributed by atoms with van der Waals surface area (Å²) in [7, 11) is -1.07. The molecule has 1 aliphatic carbocycles. The molecule has 4 nitrogen and oxygen atoms in total. The molecule has 2 atom stereocenters. The van der Waals surface area contributed by atoms with Crippen LogP contribution < -0.4 is 10.0 Å². The monoisotopic (exact) mass is 321 g/mol. The lowest BCUT2D eigenvalue weighted by atomic mass is 9.73. The van der Waals surface area contributed by atoms with E-state index in [4.69, 9.17) is 0 Å². The highest BCUT2D eigenvalue weighted by Gasteiger charge is 2.47. The first kappa shape index (κ1) is 16.1. The van der Waals surface area contributed by atoms with E-state index in [-0.39, 0.29) is 16.2 Å². The number of piperidine rings is 1. The molecular weight excluding hydrogens is 294 g/mol. The number of hydrogen-bond acceptors (Lipinski definition) is 3. The summed E-state index contributed by atoms with van der Waals surface area (Å²) in [4.78, 5) is 4.49. The van der Waals surface area contributed by atoms with Crippen molar-refractivity contribution in [3.8, 4) is 0 Å². The van der Waals surface area contributed by atoms with Gasteiger partial charge in [-0.25, -0.2) is 8.93 Å². The molecule has 22 heavy (non-hydrogen) atoms. The van der Waals surface area contributed by atoms with Gasteiger partial charge in [-0.15, -0.1) is 0 Å². The van der Waals surface area contributed by atoms with E-state index in [2.05, 4.69) is 21.1 Å². The summed E-state index contributed by atoms with van der Waals surface area (Å²) >= 11 is 0. The molecule has 1 aromatic rings. The zero-order valence-corrected chi connectivity index (χ0v) is 14.8. The van der Waals surface area contributed by atoms with Crippen LogP contribution in [0.5, 0.6) is 0 Å². The highest BCUT2D eigenvalue weighted by Crippen LogP contribution is 2.51. The second kappa shape index (κ2) is 5.69. The van der Waals surface area contributed by atoms with Gasteiger partial charge in [-0.3, -0.25) is 4.98 Å². The van der Waals surface area contributed by atoms with Crippen LogP contribution in [0.1, 0.15) is 56.5 Å². The molecule has 1 fully saturated rings. The normalized spacial score (nSPS) is 25.2. The van der Waals surface area contributed by atoms with Crippen LogP contribution in [-0.4, -0.2) is 27.0 Å². The predicted molar refractivity (Wildman–Crippen MR) is 91.0 cm³/mol. The van der Waals surface area contributed by atoms with E-state index < -0.39 is 11.0 Å². The van der Waals surface area contributed by atoms with Crippen molar-refractivity contribution in [3.05, 3.63) is 29.1 Å². The Kier molecular flexibility index (Phi) is 4.16. The van der Waals surface area contributed by atoms with Gasteiger partial charge in [0.25, 0.3) is 0 Å². The fraction of sp³-hybridized carbons (Fsp3) is 0.706. The molecule has 0 unspecified atom stereocenters. The lowest BCUT2D eigenvalue weighted by Crippen LogP contribution is -2.46. The topological polar surface area (TPSA) is 54.0 Å². The summed E-state index contributed by atoms with van der Waals surface area (Å²) in [5.74, 6) is 0. The van der Waals surface area contributed by atoms with Crippen LogP contribution in [0.4, 0.5) is 0 Å². The molecule has 0 amide bonds. The van der Waals surface area contributed by atoms with Gasteiger partial charge in [0.15, 0.2) is 0 Å². The Bertz CT molecular complexity index is 588. The Morgan fingerprint density at radius 3 is 2.68 bits per heavy atom. The van der Waals surface area contributed by atoms with Crippen LogP contribution in [0.3, 0.4) is 0 Å². The summed E-state index contributed by atoms with van der Waals surface area (Å²) in [5.41, 5.74) is 3.90. The first-order chi connectivity index (χ1) is 10.3. The van der Waals surface area contributed by atoms with Crippen molar-refractivity contribution in [3.63, 3.8) is 0 Å². The molecule has 1 aliphatic heterocycles. The zero-order chi connectivity index (χ0) is 16.0. The molecule has 1 aromatic heterocycles. The van der Waals surface area contributed by atoms with Crippen LogP contribution in [0.15, 0.2) is 12.3 Å². The van der Waals surface area contributed by atoms with E-state index in [9.17, 15) is 4.21 Å². The SMILES string of the molecule is Cc1cc2c(cn1)[C@@H](N[S@](=O)C(C)(C)C)C1(CCNCC1)C2. The minimum Gasteiger partial charge on any atom is -0.317 e. The highest BCUT2D eigenvalue weighted by atomic mass is 32.2. The zero-order valence-electron chi connectivity index (χ0n) is 14.0. The van der Waals surface area contributed by atoms with Crippen molar-refractivity contribution < 1.29 is 4.21 Å². The molecule has 2 heterocycles. The largest absolute Gasteiger partial charge is 0.317 e. The molecule has 0 aromatic carbocycles. The van der Waals surface area contributed by atoms with Gasteiger partial charge in [-0.2, -0.15) is 0 Å². The predicted octanol–water partition coefficient (Wildman–Crippen LogP) is 2.41. The molecule has 3 rings (SSSR count). The maximum absolute atomic E-state index is 12.7. The Hall–Kier alpha value is -0.780. The van der Waals surface area contributed by atoms with Gasteiger partial charge in [0, 0.05) is 11.9 Å². The summed E-state index contributed by atoms with van der Waals surface area (Å²) in [5, 5.41) is 3.46. The van der Waals surface area contributed by atoms with Crippen LogP contribution in [-0.2, 0) is 17.4 Å². The van der Waals surface area contributed by atoms with E-state index in [1.807, 2.05) is 33.9 Å². The quantitative estimate of drug-likeness (QED) is 0.879. The molecule has 0 bridgehead atoms. The van der Waals surface area contributed by atoms with E-state index >= 15 is 0 Å². The standard InChI is InChI=1S/C17H27N3OS/c1-12-9-13-10-17(5-7-18-8-6-17)15(14(13)11-19-12)20-22(21)16(2,3)4/h9,11,15,18,20H,5-8,10H2,1-4H3/t15-,22-/m1/s1. The van der Waals surface area contributed by atoms with Gasteiger partial charge < -0.3 is 5.32 Å². The molecular formula is C17H27N3OS. The third-order valence-electron chi connectivity index (χ3n) is 5.01. The molecule has 122 valence electrons. The average Bonchev–Trinajstić information content (AvgIpc) is 2.71. The molecule has 1 spiro atoms. The maximum atomic E-state index is 12.7. The lowest BCUT2D eigenvalue weighted by Gasteiger charge is -2.40. The number of aromatic nitrogens is 1. The molecule has 1 saturated heterocycles. The molecule has 5 heteroatoms. The summed E-state index contributed by atoms with van der Waals surface area (Å²) in [6.45, 7) is 10.2. The van der Waals surface area contributed by atoms with Crippen LogP contribution >= 0.6 is 0 Å². The van der Waals surface area contributed by atoms with Crippen molar-refractivity contribution in [1.82, 2.24) is 15.0 Å². The fourth-order valence-electron chi connectivity index (χ4n) is 3.71. The van der Waals surface area contributed by atoms with Gasteiger partial charge in [0.2, 0.25) is 0 Å². The van der Waals surface area contributed by atoms with Gasteiger partial charge >= 0.3 is 0 Å². The first-order valence-electron chi connectivity index (χ1n) is 8.16. The Labute approximate surface area is 136 Å². The number of aryl methyl sites for hydroxylation is 1. The van der Waals surface area contributed by atoms with Gasteiger partial charge in [-0.05, 0) is 82.7 Å². The summed E-state index contributed by atoms with van der Waals surface area (Å²) in [6.07, 6.45) is 5.32. The number of hydrogen-bond donors (Lipinski definition) is 2. The Morgan fingerprint density at radius 1 is 1.36 bits per heavy atom. The summed E-state index contributed by atoms with van der Waals surface area (Å²) in [6, 6.07) is 2.36. The van der Waals surface area contributed by atoms with E-state index in [0.717, 1.165) is 38.0 Å². The third-order valence-corrected chi connectivity index (χ3v) is 6.57. The van der Waals surface area contributed by atoms with Crippen molar-refractivity contribution >= 4 is 11.0 Å². The van der Waals surface area contributed by atoms with Crippen molar-refractivity contribution in [2.24, 2.45) is 5.41 Å². The smallest absolute Gasteiger partial charge is 0.0976 e. The minimum absolute atomic E-state index is 0.151. The second-order valence-electron chi connectivity index (χ2n) is 7.75. The number of pyridine rings is 1. The Morgan fingerprint density at radius 2 is 2.05 bits per heavy atom. The average molecular weight is 321 g/mol. The second-order valence-corrected chi connectivity index (χ2v) is 9.74. The van der Waals surface area contributed by atoms with Crippen LogP contribution in [0, 0.1) is 12.3 Å². The molecule has 0 radical (unpaired) electrons.